The number of morpholine rings is 1. The predicted octanol–water partition coefficient (Wildman–Crippen LogP) is 0.840. The molecule has 1 unspecified atom stereocenters. The average molecular weight is 281 g/mol. The molecule has 0 spiro atoms. The van der Waals surface area contributed by atoms with Crippen molar-refractivity contribution >= 4 is 0 Å². The van der Waals surface area contributed by atoms with Crippen LogP contribution in [0.4, 0.5) is 0 Å². The molecule has 0 radical (unpaired) electrons. The van der Waals surface area contributed by atoms with Gasteiger partial charge in [-0.05, 0) is 27.7 Å². The zero-order valence-corrected chi connectivity index (χ0v) is 13.0. The van der Waals surface area contributed by atoms with Crippen LogP contribution in [0.25, 0.3) is 0 Å². The van der Waals surface area contributed by atoms with Crippen LogP contribution in [-0.2, 0) is 11.2 Å². The Morgan fingerprint density at radius 3 is 2.60 bits per heavy atom. The number of ether oxygens (including phenoxy) is 1. The van der Waals surface area contributed by atoms with E-state index in [-0.39, 0.29) is 11.6 Å². The lowest BCUT2D eigenvalue weighted by atomic mass is 9.90. The van der Waals surface area contributed by atoms with Gasteiger partial charge in [0.25, 0.3) is 0 Å². The van der Waals surface area contributed by atoms with Gasteiger partial charge in [-0.1, -0.05) is 0 Å². The topological polar surface area (TPSA) is 69.2 Å². The van der Waals surface area contributed by atoms with Crippen molar-refractivity contribution in [1.82, 2.24) is 19.7 Å². The summed E-state index contributed by atoms with van der Waals surface area (Å²) in [7, 11) is 0. The van der Waals surface area contributed by atoms with Gasteiger partial charge in [0, 0.05) is 37.1 Å². The maximum atomic E-state index is 6.48. The van der Waals surface area contributed by atoms with Crippen LogP contribution >= 0.6 is 0 Å². The molecule has 0 amide bonds. The first-order valence-corrected chi connectivity index (χ1v) is 7.39. The van der Waals surface area contributed by atoms with Gasteiger partial charge in [-0.25, -0.2) is 9.67 Å². The van der Waals surface area contributed by atoms with E-state index >= 15 is 0 Å². The number of nitrogens with zero attached hydrogens (tertiary/aromatic N) is 4. The Morgan fingerprint density at radius 2 is 2.00 bits per heavy atom. The van der Waals surface area contributed by atoms with Gasteiger partial charge in [0.05, 0.1) is 13.2 Å². The molecule has 2 N–H and O–H groups in total. The minimum Gasteiger partial charge on any atom is -0.379 e. The van der Waals surface area contributed by atoms with E-state index in [1.165, 1.54) is 0 Å². The lowest BCUT2D eigenvalue weighted by Crippen LogP contribution is -2.59. The molecule has 1 aliphatic rings. The molecule has 1 saturated heterocycles. The highest BCUT2D eigenvalue weighted by atomic mass is 16.5. The highest BCUT2D eigenvalue weighted by molar-refractivity contribution is 5.00. The zero-order chi connectivity index (χ0) is 14.8. The van der Waals surface area contributed by atoms with Crippen molar-refractivity contribution in [1.29, 1.82) is 0 Å². The third kappa shape index (κ3) is 3.19. The number of aromatic nitrogens is 3. The Kier molecular flexibility index (Phi) is 4.78. The minimum absolute atomic E-state index is 0.0160. The van der Waals surface area contributed by atoms with Gasteiger partial charge in [-0.2, -0.15) is 5.10 Å². The second kappa shape index (κ2) is 6.20. The minimum atomic E-state index is -0.0719. The summed E-state index contributed by atoms with van der Waals surface area (Å²) >= 11 is 0. The maximum Gasteiger partial charge on any atom is 0.138 e. The van der Waals surface area contributed by atoms with E-state index in [0.29, 0.717) is 6.04 Å². The molecule has 0 aliphatic carbocycles. The predicted molar refractivity (Wildman–Crippen MR) is 78.6 cm³/mol. The summed E-state index contributed by atoms with van der Waals surface area (Å²) in [6.45, 7) is 12.1. The first kappa shape index (κ1) is 15.4. The van der Waals surface area contributed by atoms with Crippen molar-refractivity contribution in [3.63, 3.8) is 0 Å². The van der Waals surface area contributed by atoms with Crippen LogP contribution in [0.1, 0.15) is 39.6 Å². The molecular formula is C14H27N5O. The highest BCUT2D eigenvalue weighted by Gasteiger charge is 2.34. The van der Waals surface area contributed by atoms with Crippen molar-refractivity contribution in [2.24, 2.45) is 5.73 Å². The lowest BCUT2D eigenvalue weighted by Gasteiger charge is -2.44. The van der Waals surface area contributed by atoms with Crippen LogP contribution in [0.5, 0.6) is 0 Å². The summed E-state index contributed by atoms with van der Waals surface area (Å²) in [4.78, 5) is 6.78. The molecule has 1 aromatic rings. The standard InChI is InChI=1S/C14H27N5O/c1-11(2)19-13(16-10-17-19)9-12(15)14(3,4)18-5-7-20-8-6-18/h10-12H,5-9,15H2,1-4H3. The van der Waals surface area contributed by atoms with E-state index in [0.717, 1.165) is 38.5 Å². The van der Waals surface area contributed by atoms with Crippen molar-refractivity contribution in [3.8, 4) is 0 Å². The van der Waals surface area contributed by atoms with E-state index in [9.17, 15) is 0 Å². The fraction of sp³-hybridized carbons (Fsp3) is 0.857. The first-order valence-electron chi connectivity index (χ1n) is 7.39. The summed E-state index contributed by atoms with van der Waals surface area (Å²) in [6.07, 6.45) is 2.35. The normalized spacial score (nSPS) is 19.5. The summed E-state index contributed by atoms with van der Waals surface area (Å²) < 4.78 is 7.38. The molecule has 1 aromatic heterocycles. The summed E-state index contributed by atoms with van der Waals surface area (Å²) in [5.74, 6) is 0.967. The van der Waals surface area contributed by atoms with Crippen molar-refractivity contribution in [2.45, 2.75) is 51.7 Å². The van der Waals surface area contributed by atoms with E-state index in [4.69, 9.17) is 10.5 Å². The Bertz CT molecular complexity index is 423. The van der Waals surface area contributed by atoms with Gasteiger partial charge in [0.1, 0.15) is 12.2 Å². The second-order valence-corrected chi connectivity index (χ2v) is 6.28. The number of hydrogen-bond donors (Lipinski definition) is 1. The van der Waals surface area contributed by atoms with Crippen LogP contribution in [0.15, 0.2) is 6.33 Å². The van der Waals surface area contributed by atoms with Crippen LogP contribution in [0.3, 0.4) is 0 Å². The first-order chi connectivity index (χ1) is 9.43. The van der Waals surface area contributed by atoms with Gasteiger partial charge >= 0.3 is 0 Å². The third-order valence-electron chi connectivity index (χ3n) is 4.27. The molecule has 0 aromatic carbocycles. The molecule has 2 rings (SSSR count). The molecular weight excluding hydrogens is 254 g/mol. The Balaban J connectivity index is 2.06. The van der Waals surface area contributed by atoms with Crippen molar-refractivity contribution in [2.75, 3.05) is 26.3 Å². The molecule has 2 heterocycles. The molecule has 1 aliphatic heterocycles. The Labute approximate surface area is 121 Å². The van der Waals surface area contributed by atoms with Gasteiger partial charge in [-0.3, -0.25) is 4.90 Å². The molecule has 0 bridgehead atoms. The van der Waals surface area contributed by atoms with Crippen LogP contribution in [-0.4, -0.2) is 57.5 Å². The number of rotatable bonds is 5. The van der Waals surface area contributed by atoms with Crippen molar-refractivity contribution < 1.29 is 4.74 Å². The quantitative estimate of drug-likeness (QED) is 0.866. The number of nitrogens with two attached hydrogens (primary N) is 1. The largest absolute Gasteiger partial charge is 0.379 e. The number of hydrogen-bond acceptors (Lipinski definition) is 5. The highest BCUT2D eigenvalue weighted by Crippen LogP contribution is 2.22. The van der Waals surface area contributed by atoms with Crippen LogP contribution in [0.2, 0.25) is 0 Å². The molecule has 6 nitrogen and oxygen atoms in total. The third-order valence-corrected chi connectivity index (χ3v) is 4.27. The lowest BCUT2D eigenvalue weighted by molar-refractivity contribution is -0.0189. The Morgan fingerprint density at radius 1 is 1.35 bits per heavy atom. The van der Waals surface area contributed by atoms with Gasteiger partial charge in [0.2, 0.25) is 0 Å². The average Bonchev–Trinajstić information content (AvgIpc) is 2.88. The summed E-state index contributed by atoms with van der Waals surface area (Å²) in [6, 6.07) is 0.327. The smallest absolute Gasteiger partial charge is 0.138 e. The zero-order valence-electron chi connectivity index (χ0n) is 13.0. The van der Waals surface area contributed by atoms with E-state index in [1.807, 2.05) is 4.68 Å². The Hall–Kier alpha value is -0.980. The summed E-state index contributed by atoms with van der Waals surface area (Å²) in [5.41, 5.74) is 6.41. The van der Waals surface area contributed by atoms with Gasteiger partial charge in [0.15, 0.2) is 0 Å². The van der Waals surface area contributed by atoms with Crippen LogP contribution in [0, 0.1) is 0 Å². The molecule has 1 atom stereocenters. The van der Waals surface area contributed by atoms with Gasteiger partial charge in [-0.15, -0.1) is 0 Å². The SMILES string of the molecule is CC(C)n1ncnc1CC(N)C(C)(C)N1CCOCC1. The van der Waals surface area contributed by atoms with Crippen LogP contribution < -0.4 is 5.73 Å². The molecule has 114 valence electrons. The molecule has 1 fully saturated rings. The van der Waals surface area contributed by atoms with E-state index < -0.39 is 0 Å². The molecule has 20 heavy (non-hydrogen) atoms. The maximum absolute atomic E-state index is 6.48. The summed E-state index contributed by atoms with van der Waals surface area (Å²) in [5, 5.41) is 4.28. The van der Waals surface area contributed by atoms with E-state index in [2.05, 4.69) is 42.7 Å². The fourth-order valence-corrected chi connectivity index (χ4v) is 2.67. The van der Waals surface area contributed by atoms with Crippen molar-refractivity contribution in [3.05, 3.63) is 12.2 Å². The molecule has 0 saturated carbocycles. The monoisotopic (exact) mass is 281 g/mol. The molecule has 6 heteroatoms. The second-order valence-electron chi connectivity index (χ2n) is 6.28. The van der Waals surface area contributed by atoms with E-state index in [1.54, 1.807) is 6.33 Å². The van der Waals surface area contributed by atoms with Gasteiger partial charge < -0.3 is 10.5 Å². The fourth-order valence-electron chi connectivity index (χ4n) is 2.67.